The van der Waals surface area contributed by atoms with Crippen molar-refractivity contribution in [3.8, 4) is 11.5 Å². The lowest BCUT2D eigenvalue weighted by atomic mass is 9.92. The van der Waals surface area contributed by atoms with Gasteiger partial charge in [-0.1, -0.05) is 93.3 Å². The molecular weight excluding hydrogens is 508 g/mol. The molecule has 0 saturated heterocycles. The molecule has 1 N–H and O–H groups in total. The highest BCUT2D eigenvalue weighted by atomic mass is 16.5. The molecule has 1 aliphatic rings. The Morgan fingerprint density at radius 3 is 2.27 bits per heavy atom. The van der Waals surface area contributed by atoms with Crippen LogP contribution in [0.15, 0.2) is 103 Å². The topological polar surface area (TPSA) is 58.6 Å². The van der Waals surface area contributed by atoms with Crippen LogP contribution in [0.1, 0.15) is 66.1 Å². The molecule has 1 heterocycles. The first-order valence-electron chi connectivity index (χ1n) is 14.7. The van der Waals surface area contributed by atoms with E-state index in [0.717, 1.165) is 23.2 Å². The van der Waals surface area contributed by atoms with E-state index in [0.29, 0.717) is 30.0 Å². The number of anilines is 1. The lowest BCUT2D eigenvalue weighted by Crippen LogP contribution is -2.50. The first-order chi connectivity index (χ1) is 20.1. The summed E-state index contributed by atoms with van der Waals surface area (Å²) in [7, 11) is 0. The summed E-state index contributed by atoms with van der Waals surface area (Å²) in [6.45, 7) is 2.60. The average Bonchev–Trinajstić information content (AvgIpc) is 3.01. The molecule has 4 aromatic rings. The number of fused-ring (bicyclic) bond motifs is 1. The summed E-state index contributed by atoms with van der Waals surface area (Å²) in [5.74, 6) is 0.892. The molecule has 4 aromatic carbocycles. The molecule has 1 aliphatic heterocycles. The maximum absolute atomic E-state index is 13.9. The van der Waals surface area contributed by atoms with Crippen LogP contribution in [0.5, 0.6) is 11.5 Å². The van der Waals surface area contributed by atoms with Crippen molar-refractivity contribution in [2.75, 3.05) is 5.32 Å². The van der Waals surface area contributed by atoms with Crippen molar-refractivity contribution in [3.63, 3.8) is 0 Å². The van der Waals surface area contributed by atoms with E-state index in [1.54, 1.807) is 17.0 Å². The highest BCUT2D eigenvalue weighted by Gasteiger charge is 2.35. The van der Waals surface area contributed by atoms with Gasteiger partial charge in [0, 0.05) is 24.2 Å². The van der Waals surface area contributed by atoms with Crippen molar-refractivity contribution in [2.45, 2.75) is 64.5 Å². The van der Waals surface area contributed by atoms with Crippen molar-refractivity contribution in [1.29, 1.82) is 0 Å². The molecule has 5 heteroatoms. The summed E-state index contributed by atoms with van der Waals surface area (Å²) in [5.41, 5.74) is 4.66. The SMILES string of the molecule is CCCCCCCc1ccc(NC(=O)C2Cc3ccccc3CN2C(=O)c2cccc(Oc3ccccc3)c2)cc1. The fourth-order valence-electron chi connectivity index (χ4n) is 5.37. The van der Waals surface area contributed by atoms with Crippen LogP contribution in [-0.2, 0) is 24.2 Å². The number of amides is 2. The largest absolute Gasteiger partial charge is 0.457 e. The van der Waals surface area contributed by atoms with E-state index >= 15 is 0 Å². The van der Waals surface area contributed by atoms with Crippen LogP contribution in [0, 0.1) is 0 Å². The maximum atomic E-state index is 13.9. The molecule has 210 valence electrons. The van der Waals surface area contributed by atoms with Crippen molar-refractivity contribution in [3.05, 3.63) is 125 Å². The Kier molecular flexibility index (Phi) is 9.48. The van der Waals surface area contributed by atoms with Crippen molar-refractivity contribution >= 4 is 17.5 Å². The van der Waals surface area contributed by atoms with Gasteiger partial charge in [-0.3, -0.25) is 9.59 Å². The van der Waals surface area contributed by atoms with E-state index in [-0.39, 0.29) is 11.8 Å². The molecule has 0 fully saturated rings. The van der Waals surface area contributed by atoms with Gasteiger partial charge in [-0.25, -0.2) is 0 Å². The van der Waals surface area contributed by atoms with Gasteiger partial charge in [0.2, 0.25) is 5.91 Å². The molecule has 2 amide bonds. The normalized spacial score (nSPS) is 14.3. The number of hydrogen-bond acceptors (Lipinski definition) is 3. The minimum Gasteiger partial charge on any atom is -0.457 e. The Labute approximate surface area is 243 Å². The van der Waals surface area contributed by atoms with E-state index < -0.39 is 6.04 Å². The number of hydrogen-bond donors (Lipinski definition) is 1. The quantitative estimate of drug-likeness (QED) is 0.193. The standard InChI is InChI=1S/C36H38N2O3/c1-2-3-4-5-7-13-27-20-22-31(23-21-27)37-35(39)34-25-28-14-10-11-15-30(28)26-38(34)36(40)29-16-12-19-33(24-29)41-32-17-8-6-9-18-32/h6,8-12,14-24,34H,2-5,7,13,25-26H2,1H3,(H,37,39). The number of ether oxygens (including phenoxy) is 1. The van der Waals surface area contributed by atoms with Crippen LogP contribution >= 0.6 is 0 Å². The minimum atomic E-state index is -0.630. The molecule has 0 spiro atoms. The number of para-hydroxylation sites is 1. The lowest BCUT2D eigenvalue weighted by Gasteiger charge is -2.36. The average molecular weight is 547 g/mol. The second kappa shape index (κ2) is 13.8. The molecule has 0 bridgehead atoms. The highest BCUT2D eigenvalue weighted by Crippen LogP contribution is 2.28. The fourth-order valence-corrected chi connectivity index (χ4v) is 5.37. The van der Waals surface area contributed by atoms with E-state index in [9.17, 15) is 9.59 Å². The van der Waals surface area contributed by atoms with Gasteiger partial charge in [0.25, 0.3) is 5.91 Å². The van der Waals surface area contributed by atoms with Crippen LogP contribution in [-0.4, -0.2) is 22.8 Å². The van der Waals surface area contributed by atoms with Crippen molar-refractivity contribution < 1.29 is 14.3 Å². The van der Waals surface area contributed by atoms with E-state index in [1.165, 1.54) is 37.7 Å². The second-order valence-corrected chi connectivity index (χ2v) is 10.7. The van der Waals surface area contributed by atoms with Crippen LogP contribution in [0.25, 0.3) is 0 Å². The third-order valence-electron chi connectivity index (χ3n) is 7.66. The number of benzene rings is 4. The third-order valence-corrected chi connectivity index (χ3v) is 7.66. The summed E-state index contributed by atoms with van der Waals surface area (Å²) >= 11 is 0. The molecule has 1 unspecified atom stereocenters. The summed E-state index contributed by atoms with van der Waals surface area (Å²) in [6.07, 6.45) is 7.77. The molecule has 0 saturated carbocycles. The van der Waals surface area contributed by atoms with E-state index in [4.69, 9.17) is 4.74 Å². The van der Waals surface area contributed by atoms with Gasteiger partial charge < -0.3 is 15.0 Å². The number of rotatable bonds is 11. The van der Waals surface area contributed by atoms with Gasteiger partial charge in [0.15, 0.2) is 0 Å². The predicted octanol–water partition coefficient (Wildman–Crippen LogP) is 8.20. The first kappa shape index (κ1) is 28.2. The summed E-state index contributed by atoms with van der Waals surface area (Å²) < 4.78 is 5.97. The molecule has 1 atom stereocenters. The fraction of sp³-hybridized carbons (Fsp3) is 0.278. The lowest BCUT2D eigenvalue weighted by molar-refractivity contribution is -0.121. The Morgan fingerprint density at radius 1 is 0.780 bits per heavy atom. The zero-order chi connectivity index (χ0) is 28.4. The van der Waals surface area contributed by atoms with Crippen LogP contribution in [0.4, 0.5) is 5.69 Å². The van der Waals surface area contributed by atoms with Crippen LogP contribution in [0.3, 0.4) is 0 Å². The number of carbonyl (C=O) groups is 2. The zero-order valence-electron chi connectivity index (χ0n) is 23.7. The van der Waals surface area contributed by atoms with Crippen molar-refractivity contribution in [2.24, 2.45) is 0 Å². The summed E-state index contributed by atoms with van der Waals surface area (Å²) in [4.78, 5) is 29.2. The van der Waals surface area contributed by atoms with Gasteiger partial charge in [-0.05, 0) is 72.0 Å². The van der Waals surface area contributed by atoms with Gasteiger partial charge in [0.1, 0.15) is 17.5 Å². The summed E-state index contributed by atoms with van der Waals surface area (Å²) in [6, 6.07) is 32.1. The molecule has 0 aliphatic carbocycles. The third kappa shape index (κ3) is 7.43. The predicted molar refractivity (Wildman–Crippen MR) is 164 cm³/mol. The van der Waals surface area contributed by atoms with Crippen LogP contribution in [0.2, 0.25) is 0 Å². The van der Waals surface area contributed by atoms with Crippen LogP contribution < -0.4 is 10.1 Å². The maximum Gasteiger partial charge on any atom is 0.254 e. The first-order valence-corrected chi connectivity index (χ1v) is 14.7. The van der Waals surface area contributed by atoms with Gasteiger partial charge >= 0.3 is 0 Å². The molecule has 41 heavy (non-hydrogen) atoms. The highest BCUT2D eigenvalue weighted by molar-refractivity contribution is 6.01. The van der Waals surface area contributed by atoms with Gasteiger partial charge in [-0.15, -0.1) is 0 Å². The number of aryl methyl sites for hydroxylation is 1. The Hall–Kier alpha value is -4.38. The minimum absolute atomic E-state index is 0.183. The van der Waals surface area contributed by atoms with Gasteiger partial charge in [-0.2, -0.15) is 0 Å². The number of carbonyl (C=O) groups excluding carboxylic acids is 2. The Morgan fingerprint density at radius 2 is 1.49 bits per heavy atom. The van der Waals surface area contributed by atoms with E-state index in [1.807, 2.05) is 78.9 Å². The zero-order valence-corrected chi connectivity index (χ0v) is 23.7. The van der Waals surface area contributed by atoms with Crippen molar-refractivity contribution in [1.82, 2.24) is 4.90 Å². The number of nitrogens with one attached hydrogen (secondary N) is 1. The molecule has 5 rings (SSSR count). The number of unbranched alkanes of at least 4 members (excludes halogenated alkanes) is 4. The molecular formula is C36H38N2O3. The Bertz CT molecular complexity index is 1450. The second-order valence-electron chi connectivity index (χ2n) is 10.7. The summed E-state index contributed by atoms with van der Waals surface area (Å²) in [5, 5.41) is 3.08. The molecule has 0 radical (unpaired) electrons. The molecule has 5 nitrogen and oxygen atoms in total. The number of nitrogens with zero attached hydrogens (tertiary/aromatic N) is 1. The molecule has 0 aromatic heterocycles. The monoisotopic (exact) mass is 546 g/mol. The van der Waals surface area contributed by atoms with E-state index in [2.05, 4.69) is 24.4 Å². The Balaban J connectivity index is 1.30. The smallest absolute Gasteiger partial charge is 0.254 e. The van der Waals surface area contributed by atoms with Gasteiger partial charge in [0.05, 0.1) is 0 Å².